The van der Waals surface area contributed by atoms with Crippen LogP contribution in [0.4, 0.5) is 0 Å². The molecule has 2 aromatic carbocycles. The molecule has 0 aliphatic heterocycles. The molecule has 1 atom stereocenters. The number of carbonyl (C=O) groups excluding carboxylic acids is 1. The lowest BCUT2D eigenvalue weighted by atomic mass is 9.98. The van der Waals surface area contributed by atoms with Crippen LogP contribution in [0.5, 0.6) is 5.75 Å². The highest BCUT2D eigenvalue weighted by Gasteiger charge is 2.43. The van der Waals surface area contributed by atoms with E-state index in [1.165, 1.54) is 0 Å². The minimum absolute atomic E-state index is 0.0912. The third-order valence-electron chi connectivity index (χ3n) is 4.17. The number of ether oxygens (including phenoxy) is 1. The molecule has 1 saturated carbocycles. The molecule has 5 heteroatoms. The van der Waals surface area contributed by atoms with E-state index >= 15 is 0 Å². The van der Waals surface area contributed by atoms with Crippen LogP contribution in [0, 0.1) is 17.2 Å². The van der Waals surface area contributed by atoms with Gasteiger partial charge >= 0.3 is 0 Å². The van der Waals surface area contributed by atoms with Crippen LogP contribution in [-0.2, 0) is 4.79 Å². The number of hydrogen-bond donors (Lipinski definition) is 1. The molecule has 1 N–H and O–H groups in total. The van der Waals surface area contributed by atoms with E-state index in [0.29, 0.717) is 5.75 Å². The number of nitriles is 1. The van der Waals surface area contributed by atoms with E-state index in [1.807, 2.05) is 36.4 Å². The van der Waals surface area contributed by atoms with Gasteiger partial charge < -0.3 is 10.1 Å². The topological polar surface area (TPSA) is 62.1 Å². The summed E-state index contributed by atoms with van der Waals surface area (Å²) in [5.41, 5.74) is -0.782. The Kier molecular flexibility index (Phi) is 4.27. The molecule has 2 aromatic rings. The van der Waals surface area contributed by atoms with Gasteiger partial charge in [0.15, 0.2) is 6.61 Å². The van der Waals surface area contributed by atoms with E-state index in [4.69, 9.17) is 4.74 Å². The van der Waals surface area contributed by atoms with Gasteiger partial charge in [0, 0.05) is 4.47 Å². The number of nitrogens with one attached hydrogen (secondary N) is 1. The summed E-state index contributed by atoms with van der Waals surface area (Å²) in [6.07, 6.45) is 1.98. The fourth-order valence-corrected chi connectivity index (χ4v) is 3.02. The molecule has 1 aliphatic rings. The summed E-state index contributed by atoms with van der Waals surface area (Å²) < 4.78 is 6.59. The zero-order valence-electron chi connectivity index (χ0n) is 12.8. The molecule has 1 fully saturated rings. The molecule has 0 unspecified atom stereocenters. The standard InChI is InChI=1S/C18H17BrN2O2/c1-18(11-20,14-4-5-14)21-17(22)10-23-16-7-3-12-8-15(19)6-2-13(12)9-16/h2-3,6-9,14H,4-5,10H2,1H3,(H,21,22)/t18-/m0/s1. The van der Waals surface area contributed by atoms with Crippen molar-refractivity contribution in [1.82, 2.24) is 5.32 Å². The maximum Gasteiger partial charge on any atom is 0.259 e. The second kappa shape index (κ2) is 6.21. The van der Waals surface area contributed by atoms with E-state index < -0.39 is 5.54 Å². The number of rotatable bonds is 5. The number of halogens is 1. The molecule has 23 heavy (non-hydrogen) atoms. The third kappa shape index (κ3) is 3.65. The van der Waals surface area contributed by atoms with E-state index in [9.17, 15) is 10.1 Å². The van der Waals surface area contributed by atoms with Crippen molar-refractivity contribution in [2.45, 2.75) is 25.3 Å². The van der Waals surface area contributed by atoms with E-state index in [2.05, 4.69) is 27.3 Å². The maximum absolute atomic E-state index is 12.0. The second-order valence-electron chi connectivity index (χ2n) is 6.08. The first-order valence-corrected chi connectivity index (χ1v) is 8.34. The molecule has 1 amide bonds. The number of nitrogens with zero attached hydrogens (tertiary/aromatic N) is 1. The number of benzene rings is 2. The van der Waals surface area contributed by atoms with Crippen molar-refractivity contribution >= 4 is 32.6 Å². The zero-order valence-corrected chi connectivity index (χ0v) is 14.4. The van der Waals surface area contributed by atoms with E-state index in [-0.39, 0.29) is 18.4 Å². The molecule has 3 rings (SSSR count). The Morgan fingerprint density at radius 2 is 2.04 bits per heavy atom. The van der Waals surface area contributed by atoms with Gasteiger partial charge in [-0.15, -0.1) is 0 Å². The lowest BCUT2D eigenvalue weighted by Gasteiger charge is -2.22. The average Bonchev–Trinajstić information content (AvgIpc) is 3.38. The van der Waals surface area contributed by atoms with Crippen molar-refractivity contribution in [2.24, 2.45) is 5.92 Å². The SMILES string of the molecule is C[C@@](C#N)(NC(=O)COc1ccc2cc(Br)ccc2c1)C1CC1. The summed E-state index contributed by atoms with van der Waals surface area (Å²) in [7, 11) is 0. The van der Waals surface area contributed by atoms with Crippen LogP contribution >= 0.6 is 15.9 Å². The minimum atomic E-state index is -0.782. The molecule has 0 aromatic heterocycles. The molecule has 1 aliphatic carbocycles. The maximum atomic E-state index is 12.0. The fourth-order valence-electron chi connectivity index (χ4n) is 2.64. The van der Waals surface area contributed by atoms with Gasteiger partial charge in [0.05, 0.1) is 6.07 Å². The van der Waals surface area contributed by atoms with Gasteiger partial charge in [-0.05, 0) is 60.7 Å². The van der Waals surface area contributed by atoms with Gasteiger partial charge in [-0.1, -0.05) is 28.1 Å². The van der Waals surface area contributed by atoms with Gasteiger partial charge in [0.1, 0.15) is 11.3 Å². The summed E-state index contributed by atoms with van der Waals surface area (Å²) in [6.45, 7) is 1.68. The highest BCUT2D eigenvalue weighted by atomic mass is 79.9. The van der Waals surface area contributed by atoms with Crippen molar-refractivity contribution in [3.05, 3.63) is 40.9 Å². The van der Waals surface area contributed by atoms with Crippen LogP contribution in [0.3, 0.4) is 0 Å². The molecule has 0 spiro atoms. The first-order valence-electron chi connectivity index (χ1n) is 7.54. The number of hydrogen-bond acceptors (Lipinski definition) is 3. The predicted octanol–water partition coefficient (Wildman–Crippen LogP) is 3.79. The highest BCUT2D eigenvalue weighted by molar-refractivity contribution is 9.10. The number of amides is 1. The summed E-state index contributed by atoms with van der Waals surface area (Å²) in [6, 6.07) is 13.9. The van der Waals surface area contributed by atoms with Crippen molar-refractivity contribution in [2.75, 3.05) is 6.61 Å². The van der Waals surface area contributed by atoms with Crippen molar-refractivity contribution < 1.29 is 9.53 Å². The van der Waals surface area contributed by atoms with E-state index in [0.717, 1.165) is 28.1 Å². The first kappa shape index (κ1) is 15.8. The molecule has 0 saturated heterocycles. The Balaban J connectivity index is 1.62. The Morgan fingerprint density at radius 3 is 2.74 bits per heavy atom. The summed E-state index contributed by atoms with van der Waals surface area (Å²) in [4.78, 5) is 12.0. The Labute approximate surface area is 143 Å². The Bertz CT molecular complexity index is 795. The van der Waals surface area contributed by atoms with Gasteiger partial charge in [-0.3, -0.25) is 4.79 Å². The molecular formula is C18H17BrN2O2. The van der Waals surface area contributed by atoms with Crippen LogP contribution in [0.2, 0.25) is 0 Å². The largest absolute Gasteiger partial charge is 0.484 e. The summed E-state index contributed by atoms with van der Waals surface area (Å²) in [5.74, 6) is 0.632. The molecule has 4 nitrogen and oxygen atoms in total. The molecular weight excluding hydrogens is 356 g/mol. The number of carbonyl (C=O) groups is 1. The van der Waals surface area contributed by atoms with Gasteiger partial charge in [-0.25, -0.2) is 0 Å². The average molecular weight is 373 g/mol. The lowest BCUT2D eigenvalue weighted by Crippen LogP contribution is -2.48. The molecule has 0 radical (unpaired) electrons. The zero-order chi connectivity index (χ0) is 16.4. The second-order valence-corrected chi connectivity index (χ2v) is 6.99. The minimum Gasteiger partial charge on any atom is -0.484 e. The fraction of sp³-hybridized carbons (Fsp3) is 0.333. The van der Waals surface area contributed by atoms with Gasteiger partial charge in [0.2, 0.25) is 0 Å². The molecule has 0 bridgehead atoms. The molecule has 0 heterocycles. The number of fused-ring (bicyclic) bond motifs is 1. The van der Waals surface area contributed by atoms with Crippen LogP contribution in [-0.4, -0.2) is 18.1 Å². The van der Waals surface area contributed by atoms with Crippen LogP contribution in [0.25, 0.3) is 10.8 Å². The van der Waals surface area contributed by atoms with E-state index in [1.54, 1.807) is 6.92 Å². The Morgan fingerprint density at radius 1 is 1.35 bits per heavy atom. The summed E-state index contributed by atoms with van der Waals surface area (Å²) in [5, 5.41) is 14.2. The van der Waals surface area contributed by atoms with Crippen molar-refractivity contribution in [3.63, 3.8) is 0 Å². The van der Waals surface area contributed by atoms with Gasteiger partial charge in [0.25, 0.3) is 5.91 Å². The highest BCUT2D eigenvalue weighted by Crippen LogP contribution is 2.39. The normalized spacial score (nSPS) is 16.4. The van der Waals surface area contributed by atoms with Crippen LogP contribution < -0.4 is 10.1 Å². The molecule has 118 valence electrons. The lowest BCUT2D eigenvalue weighted by molar-refractivity contribution is -0.124. The van der Waals surface area contributed by atoms with Crippen LogP contribution in [0.15, 0.2) is 40.9 Å². The first-order chi connectivity index (χ1) is 11.0. The summed E-state index contributed by atoms with van der Waals surface area (Å²) >= 11 is 3.44. The van der Waals surface area contributed by atoms with Crippen molar-refractivity contribution in [3.8, 4) is 11.8 Å². The van der Waals surface area contributed by atoms with Crippen molar-refractivity contribution in [1.29, 1.82) is 5.26 Å². The quantitative estimate of drug-likeness (QED) is 0.868. The third-order valence-corrected chi connectivity index (χ3v) is 4.66. The van der Waals surface area contributed by atoms with Gasteiger partial charge in [-0.2, -0.15) is 5.26 Å². The predicted molar refractivity (Wildman–Crippen MR) is 92.0 cm³/mol. The van der Waals surface area contributed by atoms with Crippen LogP contribution in [0.1, 0.15) is 19.8 Å². The monoisotopic (exact) mass is 372 g/mol. The Hall–Kier alpha value is -2.06. The smallest absolute Gasteiger partial charge is 0.259 e.